The Morgan fingerprint density at radius 2 is 1.63 bits per heavy atom. The zero-order valence-corrected chi connectivity index (χ0v) is 17.2. The van der Waals surface area contributed by atoms with Gasteiger partial charge in [-0.15, -0.1) is 0 Å². The van der Waals surface area contributed by atoms with Gasteiger partial charge in [0.05, 0.1) is 6.04 Å². The second-order valence-electron chi connectivity index (χ2n) is 8.24. The number of nitrogens with zero attached hydrogens (tertiary/aromatic N) is 1. The lowest BCUT2D eigenvalue weighted by Gasteiger charge is -2.30. The van der Waals surface area contributed by atoms with Crippen LogP contribution in [0.25, 0.3) is 11.1 Å². The molecule has 2 aromatic carbocycles. The van der Waals surface area contributed by atoms with Crippen molar-refractivity contribution >= 4 is 17.8 Å². The Morgan fingerprint density at radius 1 is 1.00 bits per heavy atom. The molecule has 2 aliphatic rings. The second-order valence-corrected chi connectivity index (χ2v) is 8.24. The fourth-order valence-electron chi connectivity index (χ4n) is 4.42. The molecular formula is C24H27N3O3. The molecule has 1 unspecified atom stereocenters. The molecule has 0 bridgehead atoms. The van der Waals surface area contributed by atoms with Crippen molar-refractivity contribution in [2.45, 2.75) is 50.6 Å². The number of benzene rings is 2. The Hall–Kier alpha value is -3.15. The molecule has 1 saturated carbocycles. The Labute approximate surface area is 176 Å². The fraction of sp³-hybridized carbons (Fsp3) is 0.375. The summed E-state index contributed by atoms with van der Waals surface area (Å²) < 4.78 is 0. The van der Waals surface area contributed by atoms with Crippen LogP contribution in [0.4, 0.5) is 4.79 Å². The van der Waals surface area contributed by atoms with Crippen molar-refractivity contribution in [3.05, 3.63) is 60.2 Å². The van der Waals surface area contributed by atoms with Gasteiger partial charge in [-0.3, -0.25) is 14.5 Å². The van der Waals surface area contributed by atoms with E-state index >= 15 is 0 Å². The van der Waals surface area contributed by atoms with Gasteiger partial charge in [-0.05, 0) is 36.5 Å². The van der Waals surface area contributed by atoms with Crippen LogP contribution in [0.1, 0.15) is 50.6 Å². The summed E-state index contributed by atoms with van der Waals surface area (Å²) >= 11 is 0. The van der Waals surface area contributed by atoms with Crippen molar-refractivity contribution in [3.8, 4) is 11.1 Å². The Balaban J connectivity index is 1.37. The maximum Gasteiger partial charge on any atom is 0.325 e. The van der Waals surface area contributed by atoms with E-state index in [4.69, 9.17) is 0 Å². The highest BCUT2D eigenvalue weighted by molar-refractivity contribution is 6.09. The van der Waals surface area contributed by atoms with Crippen LogP contribution in [-0.2, 0) is 9.59 Å². The summed E-state index contributed by atoms with van der Waals surface area (Å²) in [6.07, 6.45) is 4.22. The fourth-order valence-corrected chi connectivity index (χ4v) is 4.42. The number of urea groups is 1. The molecule has 0 aromatic heterocycles. The summed E-state index contributed by atoms with van der Waals surface area (Å²) in [7, 11) is 0. The second kappa shape index (κ2) is 8.30. The van der Waals surface area contributed by atoms with Gasteiger partial charge in [0.25, 0.3) is 5.91 Å². The molecule has 6 heteroatoms. The minimum atomic E-state index is -0.797. The lowest BCUT2D eigenvalue weighted by atomic mass is 9.82. The average molecular weight is 405 g/mol. The molecule has 4 amide bonds. The predicted octanol–water partition coefficient (Wildman–Crippen LogP) is 3.79. The van der Waals surface area contributed by atoms with E-state index in [-0.39, 0.29) is 24.4 Å². The molecule has 2 aromatic rings. The van der Waals surface area contributed by atoms with Crippen LogP contribution in [0.3, 0.4) is 0 Å². The highest BCUT2D eigenvalue weighted by Crippen LogP contribution is 2.33. The van der Waals surface area contributed by atoms with E-state index in [0.29, 0.717) is 12.8 Å². The summed E-state index contributed by atoms with van der Waals surface area (Å²) in [4.78, 5) is 38.8. The summed E-state index contributed by atoms with van der Waals surface area (Å²) in [5.41, 5.74) is 2.41. The molecule has 0 radical (unpaired) electrons. The first-order chi connectivity index (χ1) is 14.5. The molecule has 156 valence electrons. The quantitative estimate of drug-likeness (QED) is 0.743. The van der Waals surface area contributed by atoms with Crippen LogP contribution in [0.2, 0.25) is 0 Å². The Kier molecular flexibility index (Phi) is 5.57. The summed E-state index contributed by atoms with van der Waals surface area (Å²) in [6, 6.07) is 17.4. The molecule has 1 atom stereocenters. The van der Waals surface area contributed by atoms with Gasteiger partial charge in [0.1, 0.15) is 12.1 Å². The van der Waals surface area contributed by atoms with Crippen molar-refractivity contribution in [3.63, 3.8) is 0 Å². The molecule has 4 rings (SSSR count). The van der Waals surface area contributed by atoms with Gasteiger partial charge in [0.2, 0.25) is 5.91 Å². The van der Waals surface area contributed by atoms with Crippen LogP contribution in [0, 0.1) is 0 Å². The zero-order chi connectivity index (χ0) is 21.1. The van der Waals surface area contributed by atoms with Crippen molar-refractivity contribution < 1.29 is 14.4 Å². The minimum absolute atomic E-state index is 0.230. The normalized spacial score (nSPS) is 18.9. The van der Waals surface area contributed by atoms with Crippen molar-refractivity contribution in [1.82, 2.24) is 15.5 Å². The molecule has 30 heavy (non-hydrogen) atoms. The molecule has 1 heterocycles. The van der Waals surface area contributed by atoms with E-state index in [1.54, 1.807) is 0 Å². The third-order valence-corrected chi connectivity index (χ3v) is 6.15. The molecule has 6 nitrogen and oxygen atoms in total. The average Bonchev–Trinajstić information content (AvgIpc) is 2.98. The van der Waals surface area contributed by atoms with E-state index in [0.717, 1.165) is 40.9 Å². The SMILES string of the molecule is CC(NC(=O)CN1C(=O)NC2(CCCCC2)C1=O)c1ccc(-c2ccccc2)cc1. The number of rotatable bonds is 5. The molecule has 1 saturated heterocycles. The standard InChI is InChI=1S/C24H27N3O3/c1-17(18-10-12-20(13-11-18)19-8-4-2-5-9-19)25-21(28)16-27-22(29)24(26-23(27)30)14-6-3-7-15-24/h2,4-5,8-13,17H,3,6-7,14-16H2,1H3,(H,25,28)(H,26,30). The topological polar surface area (TPSA) is 78.5 Å². The van der Waals surface area contributed by atoms with Gasteiger partial charge in [0, 0.05) is 0 Å². The molecule has 1 aliphatic heterocycles. The summed E-state index contributed by atoms with van der Waals surface area (Å²) in [6.45, 7) is 1.64. The molecule has 2 N–H and O–H groups in total. The maximum atomic E-state index is 12.8. The smallest absolute Gasteiger partial charge is 0.325 e. The third kappa shape index (κ3) is 3.95. The van der Waals surface area contributed by atoms with Crippen LogP contribution >= 0.6 is 0 Å². The van der Waals surface area contributed by atoms with E-state index in [1.807, 2.05) is 49.4 Å². The Bertz CT molecular complexity index is 934. The number of amides is 4. The zero-order valence-electron chi connectivity index (χ0n) is 17.2. The van der Waals surface area contributed by atoms with E-state index < -0.39 is 11.6 Å². The summed E-state index contributed by atoms with van der Waals surface area (Å²) in [5.74, 6) is -0.604. The molecular weight excluding hydrogens is 378 g/mol. The van der Waals surface area contributed by atoms with E-state index in [2.05, 4.69) is 22.8 Å². The largest absolute Gasteiger partial charge is 0.348 e. The van der Waals surface area contributed by atoms with Gasteiger partial charge in [-0.1, -0.05) is 73.9 Å². The predicted molar refractivity (Wildman–Crippen MR) is 114 cm³/mol. The molecule has 2 fully saturated rings. The van der Waals surface area contributed by atoms with Gasteiger partial charge in [-0.2, -0.15) is 0 Å². The minimum Gasteiger partial charge on any atom is -0.348 e. The first kappa shape index (κ1) is 20.1. The van der Waals surface area contributed by atoms with Gasteiger partial charge in [0.15, 0.2) is 0 Å². The number of nitrogens with one attached hydrogen (secondary N) is 2. The molecule has 1 spiro atoms. The monoisotopic (exact) mass is 405 g/mol. The first-order valence-electron chi connectivity index (χ1n) is 10.6. The number of carbonyl (C=O) groups excluding carboxylic acids is 3. The van der Waals surface area contributed by atoms with E-state index in [1.165, 1.54) is 0 Å². The maximum absolute atomic E-state index is 12.8. The van der Waals surface area contributed by atoms with Crippen molar-refractivity contribution in [1.29, 1.82) is 0 Å². The van der Waals surface area contributed by atoms with Gasteiger partial charge < -0.3 is 10.6 Å². The third-order valence-electron chi connectivity index (χ3n) is 6.15. The number of carbonyl (C=O) groups is 3. The van der Waals surface area contributed by atoms with Crippen LogP contribution in [-0.4, -0.2) is 34.8 Å². The van der Waals surface area contributed by atoms with Crippen molar-refractivity contribution in [2.24, 2.45) is 0 Å². The van der Waals surface area contributed by atoms with Crippen LogP contribution < -0.4 is 10.6 Å². The first-order valence-corrected chi connectivity index (χ1v) is 10.6. The number of hydrogen-bond acceptors (Lipinski definition) is 3. The van der Waals surface area contributed by atoms with Gasteiger partial charge in [-0.25, -0.2) is 4.79 Å². The molecule has 1 aliphatic carbocycles. The summed E-state index contributed by atoms with van der Waals surface area (Å²) in [5, 5.41) is 5.74. The highest BCUT2D eigenvalue weighted by Gasteiger charge is 2.51. The van der Waals surface area contributed by atoms with Gasteiger partial charge >= 0.3 is 6.03 Å². The van der Waals surface area contributed by atoms with Crippen LogP contribution in [0.5, 0.6) is 0 Å². The number of imide groups is 1. The lowest BCUT2D eigenvalue weighted by molar-refractivity contribution is -0.136. The Morgan fingerprint density at radius 3 is 2.30 bits per heavy atom. The van der Waals surface area contributed by atoms with Crippen LogP contribution in [0.15, 0.2) is 54.6 Å². The van der Waals surface area contributed by atoms with E-state index in [9.17, 15) is 14.4 Å². The number of hydrogen-bond donors (Lipinski definition) is 2. The lowest BCUT2D eigenvalue weighted by Crippen LogP contribution is -2.49. The van der Waals surface area contributed by atoms with Crippen molar-refractivity contribution in [2.75, 3.05) is 6.54 Å². The highest BCUT2D eigenvalue weighted by atomic mass is 16.2.